The lowest BCUT2D eigenvalue weighted by atomic mass is 10.2. The number of ether oxygens (including phenoxy) is 2. The van der Waals surface area contributed by atoms with E-state index in [-0.39, 0.29) is 10.8 Å². The maximum absolute atomic E-state index is 12.8. The predicted octanol–water partition coefficient (Wildman–Crippen LogP) is 4.09. The number of nitrogens with one attached hydrogen (secondary N) is 1. The minimum atomic E-state index is -3.70. The first-order valence-corrected chi connectivity index (χ1v) is 10.9. The van der Waals surface area contributed by atoms with Crippen LogP contribution < -0.4 is 19.1 Å². The van der Waals surface area contributed by atoms with Crippen LogP contribution in [0.4, 0.5) is 11.4 Å². The quantitative estimate of drug-likeness (QED) is 0.598. The Morgan fingerprint density at radius 2 is 1.55 bits per heavy atom. The number of hydrogen-bond donors (Lipinski definition) is 1. The van der Waals surface area contributed by atoms with Gasteiger partial charge in [-0.2, -0.15) is 0 Å². The molecule has 3 aromatic carbocycles. The normalized spacial score (nSPS) is 11.0. The zero-order valence-corrected chi connectivity index (χ0v) is 18.6. The Kier molecular flexibility index (Phi) is 6.50. The summed E-state index contributed by atoms with van der Waals surface area (Å²) >= 11 is 0. The summed E-state index contributed by atoms with van der Waals surface area (Å²) in [6, 6.07) is 18.0. The summed E-state index contributed by atoms with van der Waals surface area (Å²) in [5, 5.41) is 2.79. The van der Waals surface area contributed by atoms with E-state index in [1.54, 1.807) is 73.8 Å². The summed E-state index contributed by atoms with van der Waals surface area (Å²) < 4.78 is 37.3. The lowest BCUT2D eigenvalue weighted by molar-refractivity contribution is 0.102. The monoisotopic (exact) mass is 440 g/mol. The summed E-state index contributed by atoms with van der Waals surface area (Å²) in [4.78, 5) is 12.8. The molecule has 3 rings (SSSR count). The van der Waals surface area contributed by atoms with Crippen LogP contribution in [0, 0.1) is 6.92 Å². The molecule has 0 saturated heterocycles. The van der Waals surface area contributed by atoms with E-state index in [2.05, 4.69) is 5.32 Å². The summed E-state index contributed by atoms with van der Waals surface area (Å²) in [5.74, 6) is 0.726. The van der Waals surface area contributed by atoms with E-state index in [1.165, 1.54) is 18.5 Å². The van der Waals surface area contributed by atoms with E-state index >= 15 is 0 Å². The Morgan fingerprint density at radius 1 is 0.903 bits per heavy atom. The highest BCUT2D eigenvalue weighted by Crippen LogP contribution is 2.29. The number of amides is 1. The van der Waals surface area contributed by atoms with Gasteiger partial charge < -0.3 is 14.8 Å². The first kappa shape index (κ1) is 22.2. The maximum atomic E-state index is 12.8. The number of anilines is 2. The zero-order chi connectivity index (χ0) is 22.6. The van der Waals surface area contributed by atoms with Crippen molar-refractivity contribution in [1.29, 1.82) is 0 Å². The molecule has 162 valence electrons. The molecule has 0 heterocycles. The van der Waals surface area contributed by atoms with Gasteiger partial charge in [-0.3, -0.25) is 9.10 Å². The smallest absolute Gasteiger partial charge is 0.264 e. The van der Waals surface area contributed by atoms with Crippen molar-refractivity contribution in [3.63, 3.8) is 0 Å². The van der Waals surface area contributed by atoms with Gasteiger partial charge in [0.25, 0.3) is 15.9 Å². The van der Waals surface area contributed by atoms with Crippen LogP contribution in [0.5, 0.6) is 11.5 Å². The molecule has 0 saturated carbocycles. The van der Waals surface area contributed by atoms with Crippen LogP contribution in [0.15, 0.2) is 71.6 Å². The van der Waals surface area contributed by atoms with Gasteiger partial charge in [-0.25, -0.2) is 8.42 Å². The van der Waals surface area contributed by atoms with Gasteiger partial charge in [0.15, 0.2) is 0 Å². The molecule has 0 atom stereocenters. The minimum Gasteiger partial charge on any atom is -0.497 e. The van der Waals surface area contributed by atoms with Crippen LogP contribution in [-0.2, 0) is 10.0 Å². The third-order valence-electron chi connectivity index (χ3n) is 4.83. The topological polar surface area (TPSA) is 84.9 Å². The SMILES string of the molecule is COc1ccc(NC(=O)c2ccc(N(C)S(=O)(=O)c3ccc(C)cc3)cc2)c(OC)c1. The van der Waals surface area contributed by atoms with E-state index < -0.39 is 10.0 Å². The molecule has 0 aliphatic rings. The van der Waals surface area contributed by atoms with Crippen molar-refractivity contribution in [2.45, 2.75) is 11.8 Å². The fourth-order valence-electron chi connectivity index (χ4n) is 2.93. The second kappa shape index (κ2) is 9.09. The lowest BCUT2D eigenvalue weighted by Gasteiger charge is -2.20. The highest BCUT2D eigenvalue weighted by atomic mass is 32.2. The van der Waals surface area contributed by atoms with Crippen LogP contribution in [0.1, 0.15) is 15.9 Å². The molecule has 0 radical (unpaired) electrons. The Labute approximate surface area is 182 Å². The van der Waals surface area contributed by atoms with Crippen LogP contribution in [0.2, 0.25) is 0 Å². The summed E-state index contributed by atoms with van der Waals surface area (Å²) in [5.41, 5.74) is 2.30. The first-order chi connectivity index (χ1) is 14.8. The summed E-state index contributed by atoms with van der Waals surface area (Å²) in [6.07, 6.45) is 0. The largest absolute Gasteiger partial charge is 0.497 e. The number of hydrogen-bond acceptors (Lipinski definition) is 5. The molecule has 0 spiro atoms. The van der Waals surface area contributed by atoms with Gasteiger partial charge in [0.05, 0.1) is 30.5 Å². The van der Waals surface area contributed by atoms with E-state index in [0.29, 0.717) is 28.4 Å². The van der Waals surface area contributed by atoms with Crippen molar-refractivity contribution in [1.82, 2.24) is 0 Å². The summed E-state index contributed by atoms with van der Waals surface area (Å²) in [7, 11) is 0.827. The Balaban J connectivity index is 1.78. The molecule has 1 N–H and O–H groups in total. The number of rotatable bonds is 7. The van der Waals surface area contributed by atoms with Crippen molar-refractivity contribution < 1.29 is 22.7 Å². The van der Waals surface area contributed by atoms with Gasteiger partial charge in [0.2, 0.25) is 0 Å². The third-order valence-corrected chi connectivity index (χ3v) is 6.63. The summed E-state index contributed by atoms with van der Waals surface area (Å²) in [6.45, 7) is 1.89. The molecule has 7 nitrogen and oxygen atoms in total. The highest BCUT2D eigenvalue weighted by Gasteiger charge is 2.21. The van der Waals surface area contributed by atoms with Gasteiger partial charge in [-0.15, -0.1) is 0 Å². The number of aryl methyl sites for hydroxylation is 1. The average molecular weight is 441 g/mol. The second-order valence-corrected chi connectivity index (χ2v) is 8.82. The van der Waals surface area contributed by atoms with Crippen LogP contribution in [0.3, 0.4) is 0 Å². The van der Waals surface area contributed by atoms with Crippen molar-refractivity contribution in [3.05, 3.63) is 77.9 Å². The number of sulfonamides is 1. The van der Waals surface area contributed by atoms with E-state index in [1.807, 2.05) is 6.92 Å². The van der Waals surface area contributed by atoms with Crippen molar-refractivity contribution in [2.24, 2.45) is 0 Å². The fraction of sp³-hybridized carbons (Fsp3) is 0.174. The molecule has 8 heteroatoms. The maximum Gasteiger partial charge on any atom is 0.264 e. The molecule has 31 heavy (non-hydrogen) atoms. The van der Waals surface area contributed by atoms with Crippen LogP contribution in [0.25, 0.3) is 0 Å². The van der Waals surface area contributed by atoms with Gasteiger partial charge in [-0.05, 0) is 55.5 Å². The van der Waals surface area contributed by atoms with Crippen LogP contribution >= 0.6 is 0 Å². The van der Waals surface area contributed by atoms with Crippen molar-refractivity contribution >= 4 is 27.3 Å². The molecule has 0 aliphatic heterocycles. The van der Waals surface area contributed by atoms with Gasteiger partial charge in [0.1, 0.15) is 11.5 Å². The van der Waals surface area contributed by atoms with E-state index in [4.69, 9.17) is 9.47 Å². The van der Waals surface area contributed by atoms with Gasteiger partial charge in [0, 0.05) is 18.7 Å². The van der Waals surface area contributed by atoms with Crippen molar-refractivity contribution in [3.8, 4) is 11.5 Å². The number of carbonyl (C=O) groups is 1. The zero-order valence-electron chi connectivity index (χ0n) is 17.7. The molecule has 0 unspecified atom stereocenters. The molecule has 0 fully saturated rings. The van der Waals surface area contributed by atoms with E-state index in [9.17, 15) is 13.2 Å². The molecular weight excluding hydrogens is 416 g/mol. The number of methoxy groups -OCH3 is 2. The van der Waals surface area contributed by atoms with E-state index in [0.717, 1.165) is 5.56 Å². The molecule has 1 amide bonds. The predicted molar refractivity (Wildman–Crippen MR) is 121 cm³/mol. The van der Waals surface area contributed by atoms with Crippen molar-refractivity contribution in [2.75, 3.05) is 30.9 Å². The standard InChI is InChI=1S/C23H24N2O5S/c1-16-5-12-20(13-6-16)31(27,28)25(2)18-9-7-17(8-10-18)23(26)24-21-14-11-19(29-3)15-22(21)30-4/h5-15H,1-4H3,(H,24,26). The first-order valence-electron chi connectivity index (χ1n) is 9.45. The molecule has 0 bridgehead atoms. The third kappa shape index (κ3) is 4.80. The molecule has 0 aromatic heterocycles. The number of carbonyl (C=O) groups excluding carboxylic acids is 1. The lowest BCUT2D eigenvalue weighted by Crippen LogP contribution is -2.26. The Bertz CT molecular complexity index is 1170. The number of nitrogens with zero attached hydrogens (tertiary/aromatic N) is 1. The Morgan fingerprint density at radius 3 is 2.13 bits per heavy atom. The number of benzene rings is 3. The Hall–Kier alpha value is -3.52. The molecule has 3 aromatic rings. The fourth-order valence-corrected chi connectivity index (χ4v) is 4.12. The minimum absolute atomic E-state index is 0.203. The molecular formula is C23H24N2O5S. The molecule has 0 aliphatic carbocycles. The second-order valence-electron chi connectivity index (χ2n) is 6.85. The van der Waals surface area contributed by atoms with Gasteiger partial charge in [-0.1, -0.05) is 17.7 Å². The average Bonchev–Trinajstić information content (AvgIpc) is 2.79. The van der Waals surface area contributed by atoms with Gasteiger partial charge >= 0.3 is 0 Å². The highest BCUT2D eigenvalue weighted by molar-refractivity contribution is 7.92. The van der Waals surface area contributed by atoms with Crippen LogP contribution in [-0.4, -0.2) is 35.6 Å².